The van der Waals surface area contributed by atoms with Crippen molar-refractivity contribution in [3.8, 4) is 0 Å². The molecule has 3 rings (SSSR count). The van der Waals surface area contributed by atoms with Gasteiger partial charge in [-0.15, -0.1) is 0 Å². The van der Waals surface area contributed by atoms with Crippen LogP contribution in [-0.4, -0.2) is 44.3 Å². The van der Waals surface area contributed by atoms with E-state index in [1.165, 1.54) is 4.90 Å². The fourth-order valence-corrected chi connectivity index (χ4v) is 5.78. The van der Waals surface area contributed by atoms with Gasteiger partial charge in [-0.3, -0.25) is 13.9 Å². The fraction of sp³-hybridized carbons (Fsp3) is 0.375. The van der Waals surface area contributed by atoms with E-state index in [0.717, 1.165) is 45.0 Å². The number of amides is 2. The van der Waals surface area contributed by atoms with Crippen LogP contribution in [0.3, 0.4) is 0 Å². The molecule has 0 aromatic heterocycles. The number of hydrogen-bond donors (Lipinski definition) is 1. The monoisotopic (exact) mass is 563 g/mol. The Morgan fingerprint density at radius 3 is 2.20 bits per heavy atom. The normalized spacial score (nSPS) is 12.1. The quantitative estimate of drug-likeness (QED) is 0.297. The molecule has 2 amide bonds. The summed E-state index contributed by atoms with van der Waals surface area (Å²) in [5, 5.41) is 2.91. The Morgan fingerprint density at radius 1 is 0.875 bits per heavy atom. The summed E-state index contributed by atoms with van der Waals surface area (Å²) in [5.41, 5.74) is 5.15. The predicted octanol–water partition coefficient (Wildman–Crippen LogP) is 5.45. The van der Waals surface area contributed by atoms with Crippen LogP contribution in [0.5, 0.6) is 0 Å². The molecule has 0 spiro atoms. The Bertz CT molecular complexity index is 1430. The average molecular weight is 564 g/mol. The number of nitrogens with zero attached hydrogens (tertiary/aromatic N) is 2. The van der Waals surface area contributed by atoms with Gasteiger partial charge in [0.1, 0.15) is 12.6 Å². The lowest BCUT2D eigenvalue weighted by molar-refractivity contribution is -0.139. The van der Waals surface area contributed by atoms with Crippen molar-refractivity contribution in [3.05, 3.63) is 94.5 Å². The highest BCUT2D eigenvalue weighted by molar-refractivity contribution is 7.92. The minimum atomic E-state index is -4.09. The molecule has 0 bridgehead atoms. The molecule has 0 saturated heterocycles. The third kappa shape index (κ3) is 7.72. The van der Waals surface area contributed by atoms with Crippen molar-refractivity contribution in [2.24, 2.45) is 0 Å². The number of hydrogen-bond acceptors (Lipinski definition) is 4. The van der Waals surface area contributed by atoms with Gasteiger partial charge in [-0.2, -0.15) is 0 Å². The number of unbranched alkanes of at least 4 members (excludes halogenated alkanes) is 1. The van der Waals surface area contributed by atoms with Crippen LogP contribution >= 0.6 is 0 Å². The van der Waals surface area contributed by atoms with Gasteiger partial charge in [-0.25, -0.2) is 8.42 Å². The van der Waals surface area contributed by atoms with Gasteiger partial charge >= 0.3 is 0 Å². The highest BCUT2D eigenvalue weighted by Gasteiger charge is 2.32. The average Bonchev–Trinajstić information content (AvgIpc) is 2.91. The van der Waals surface area contributed by atoms with Crippen LogP contribution in [0.2, 0.25) is 0 Å². The lowest BCUT2D eigenvalue weighted by Crippen LogP contribution is -2.51. The molecule has 0 saturated carbocycles. The molecule has 0 fully saturated rings. The number of aryl methyl sites for hydroxylation is 4. The minimum absolute atomic E-state index is 0.0970. The molecule has 7 nitrogen and oxygen atoms in total. The zero-order valence-corrected chi connectivity index (χ0v) is 25.2. The third-order valence-corrected chi connectivity index (χ3v) is 8.89. The van der Waals surface area contributed by atoms with Crippen molar-refractivity contribution in [2.45, 2.75) is 71.9 Å². The molecule has 3 aromatic rings. The first-order valence-electron chi connectivity index (χ1n) is 13.7. The molecule has 0 aliphatic heterocycles. The van der Waals surface area contributed by atoms with E-state index in [4.69, 9.17) is 0 Å². The van der Waals surface area contributed by atoms with E-state index >= 15 is 0 Å². The molecule has 1 N–H and O–H groups in total. The number of nitrogens with one attached hydrogen (secondary N) is 1. The van der Waals surface area contributed by atoms with E-state index < -0.39 is 28.5 Å². The first kappa shape index (κ1) is 30.9. The molecule has 0 radical (unpaired) electrons. The van der Waals surface area contributed by atoms with Gasteiger partial charge in [0.05, 0.1) is 10.6 Å². The van der Waals surface area contributed by atoms with Gasteiger partial charge in [-0.1, -0.05) is 66.9 Å². The van der Waals surface area contributed by atoms with Crippen molar-refractivity contribution >= 4 is 27.5 Å². The first-order valence-corrected chi connectivity index (χ1v) is 15.2. The first-order chi connectivity index (χ1) is 18.9. The van der Waals surface area contributed by atoms with Gasteiger partial charge in [0.2, 0.25) is 11.8 Å². The maximum Gasteiger partial charge on any atom is 0.264 e. The Morgan fingerprint density at radius 2 is 1.57 bits per heavy atom. The van der Waals surface area contributed by atoms with Gasteiger partial charge < -0.3 is 10.2 Å². The smallest absolute Gasteiger partial charge is 0.264 e. The third-order valence-electron chi connectivity index (χ3n) is 7.10. The standard InChI is InChI=1S/C32H41N3O4S/c1-7-8-18-33-32(37)27(6)34(21-28-11-9-10-24(3)19-28)31(36)22-35(29-15-14-25(4)26(5)20-29)40(38,39)30-16-12-23(2)13-17-30/h9-17,19-20,27H,7-8,18,21-22H2,1-6H3,(H,33,37)/t27-/m1/s1. The van der Waals surface area contributed by atoms with Crippen molar-refractivity contribution in [1.29, 1.82) is 0 Å². The summed E-state index contributed by atoms with van der Waals surface area (Å²) in [6, 6.07) is 18.9. The number of rotatable bonds is 12. The Balaban J connectivity index is 2.03. The molecule has 1 atom stereocenters. The van der Waals surface area contributed by atoms with Crippen LogP contribution in [0.15, 0.2) is 71.6 Å². The van der Waals surface area contributed by atoms with E-state index in [1.54, 1.807) is 43.3 Å². The molecule has 0 aliphatic rings. The molecule has 3 aromatic carbocycles. The van der Waals surface area contributed by atoms with E-state index in [1.807, 2.05) is 65.0 Å². The van der Waals surface area contributed by atoms with Crippen molar-refractivity contribution in [3.63, 3.8) is 0 Å². The van der Waals surface area contributed by atoms with Crippen molar-refractivity contribution in [2.75, 3.05) is 17.4 Å². The number of sulfonamides is 1. The molecule has 0 unspecified atom stereocenters. The SMILES string of the molecule is CCCCNC(=O)[C@@H](C)N(Cc1cccc(C)c1)C(=O)CN(c1ccc(C)c(C)c1)S(=O)(=O)c1ccc(C)cc1. The maximum absolute atomic E-state index is 14.0. The Kier molecular flexibility index (Phi) is 10.5. The van der Waals surface area contributed by atoms with E-state index in [-0.39, 0.29) is 17.3 Å². The second-order valence-corrected chi connectivity index (χ2v) is 12.3. The van der Waals surface area contributed by atoms with Crippen LogP contribution in [-0.2, 0) is 26.2 Å². The van der Waals surface area contributed by atoms with Crippen molar-refractivity contribution < 1.29 is 18.0 Å². The number of carbonyl (C=O) groups excluding carboxylic acids is 2. The van der Waals surface area contributed by atoms with Gasteiger partial charge in [-0.05, 0) is 82.0 Å². The van der Waals surface area contributed by atoms with Gasteiger partial charge in [0.25, 0.3) is 10.0 Å². The molecule has 214 valence electrons. The largest absolute Gasteiger partial charge is 0.354 e. The van der Waals surface area contributed by atoms with E-state index in [9.17, 15) is 18.0 Å². The zero-order chi connectivity index (χ0) is 29.4. The molecule has 40 heavy (non-hydrogen) atoms. The Labute approximate surface area is 239 Å². The van der Waals surface area contributed by atoms with E-state index in [0.29, 0.717) is 12.2 Å². The second kappa shape index (κ2) is 13.6. The number of carbonyl (C=O) groups is 2. The zero-order valence-electron chi connectivity index (χ0n) is 24.4. The highest BCUT2D eigenvalue weighted by Crippen LogP contribution is 2.27. The highest BCUT2D eigenvalue weighted by atomic mass is 32.2. The minimum Gasteiger partial charge on any atom is -0.354 e. The molecule has 0 aliphatic carbocycles. The number of benzene rings is 3. The van der Waals surface area contributed by atoms with Gasteiger partial charge in [0, 0.05) is 13.1 Å². The van der Waals surface area contributed by atoms with Crippen LogP contribution < -0.4 is 9.62 Å². The van der Waals surface area contributed by atoms with E-state index in [2.05, 4.69) is 5.32 Å². The summed E-state index contributed by atoms with van der Waals surface area (Å²) < 4.78 is 29.1. The summed E-state index contributed by atoms with van der Waals surface area (Å²) in [7, 11) is -4.09. The lowest BCUT2D eigenvalue weighted by atomic mass is 10.1. The van der Waals surface area contributed by atoms with Crippen LogP contribution in [0.25, 0.3) is 0 Å². The van der Waals surface area contributed by atoms with Gasteiger partial charge in [0.15, 0.2) is 0 Å². The topological polar surface area (TPSA) is 86.8 Å². The van der Waals surface area contributed by atoms with Crippen LogP contribution in [0.4, 0.5) is 5.69 Å². The van der Waals surface area contributed by atoms with Crippen molar-refractivity contribution in [1.82, 2.24) is 10.2 Å². The second-order valence-electron chi connectivity index (χ2n) is 10.4. The summed E-state index contributed by atoms with van der Waals surface area (Å²) in [4.78, 5) is 28.7. The fourth-order valence-electron chi connectivity index (χ4n) is 4.37. The predicted molar refractivity (Wildman–Crippen MR) is 161 cm³/mol. The summed E-state index contributed by atoms with van der Waals surface area (Å²) in [5.74, 6) is -0.734. The maximum atomic E-state index is 14.0. The molecular formula is C32H41N3O4S. The number of anilines is 1. The molecule has 8 heteroatoms. The molecule has 0 heterocycles. The molecular weight excluding hydrogens is 522 g/mol. The lowest BCUT2D eigenvalue weighted by Gasteiger charge is -2.32. The summed E-state index contributed by atoms with van der Waals surface area (Å²) >= 11 is 0. The van der Waals surface area contributed by atoms with Crippen LogP contribution in [0.1, 0.15) is 54.5 Å². The summed E-state index contributed by atoms with van der Waals surface area (Å²) in [6.07, 6.45) is 1.77. The Hall–Kier alpha value is -3.65. The summed E-state index contributed by atoms with van der Waals surface area (Å²) in [6.45, 7) is 11.7. The van der Waals surface area contributed by atoms with Crippen LogP contribution in [0, 0.1) is 27.7 Å².